The summed E-state index contributed by atoms with van der Waals surface area (Å²) in [5, 5.41) is 3.38. The Balaban J connectivity index is 2.20. The van der Waals surface area contributed by atoms with Crippen LogP contribution in [0.25, 0.3) is 0 Å². The van der Waals surface area contributed by atoms with Gasteiger partial charge in [0.15, 0.2) is 0 Å². The first-order valence-electron chi connectivity index (χ1n) is 7.53. The van der Waals surface area contributed by atoms with Crippen LogP contribution in [0.2, 0.25) is 0 Å². The second kappa shape index (κ2) is 6.06. The molecular formula is C17H28N2. The zero-order chi connectivity index (χ0) is 13.9. The molecule has 1 atom stereocenters. The average molecular weight is 260 g/mol. The van der Waals surface area contributed by atoms with Crippen molar-refractivity contribution in [2.45, 2.75) is 38.6 Å². The first-order chi connectivity index (χ1) is 9.13. The van der Waals surface area contributed by atoms with E-state index in [-0.39, 0.29) is 0 Å². The zero-order valence-electron chi connectivity index (χ0n) is 12.9. The van der Waals surface area contributed by atoms with Crippen LogP contribution in [0.4, 0.5) is 0 Å². The Bertz CT molecular complexity index is 390. The Kier molecular flexibility index (Phi) is 4.64. The Hall–Kier alpha value is -0.860. The first-order valence-corrected chi connectivity index (χ1v) is 7.53. The van der Waals surface area contributed by atoms with E-state index in [0.29, 0.717) is 11.5 Å². The second-order valence-corrected chi connectivity index (χ2v) is 6.25. The monoisotopic (exact) mass is 260 g/mol. The molecule has 1 saturated carbocycles. The third-order valence-corrected chi connectivity index (χ3v) is 4.35. The van der Waals surface area contributed by atoms with Gasteiger partial charge in [-0.1, -0.05) is 37.6 Å². The standard InChI is InChI=1S/C17H28N2/c1-5-6-14-7-9-15(10-8-14)16(19(3)4)17(11-12-17)13-18-2/h7-10,16,18H,5-6,11-13H2,1-4H3. The van der Waals surface area contributed by atoms with Crippen molar-refractivity contribution in [1.29, 1.82) is 0 Å². The van der Waals surface area contributed by atoms with Crippen molar-refractivity contribution in [3.63, 3.8) is 0 Å². The predicted molar refractivity (Wildman–Crippen MR) is 82.5 cm³/mol. The molecular weight excluding hydrogens is 232 g/mol. The molecule has 0 saturated heterocycles. The van der Waals surface area contributed by atoms with E-state index in [2.05, 4.69) is 62.5 Å². The minimum absolute atomic E-state index is 0.449. The summed E-state index contributed by atoms with van der Waals surface area (Å²) < 4.78 is 0. The lowest BCUT2D eigenvalue weighted by molar-refractivity contribution is 0.191. The fraction of sp³-hybridized carbons (Fsp3) is 0.647. The molecule has 1 aromatic rings. The smallest absolute Gasteiger partial charge is 0.0410 e. The molecule has 2 rings (SSSR count). The maximum absolute atomic E-state index is 3.38. The molecule has 1 aliphatic carbocycles. The highest BCUT2D eigenvalue weighted by Gasteiger charge is 2.50. The van der Waals surface area contributed by atoms with Gasteiger partial charge < -0.3 is 10.2 Å². The highest BCUT2D eigenvalue weighted by Crippen LogP contribution is 2.56. The maximum atomic E-state index is 3.38. The molecule has 0 heterocycles. The van der Waals surface area contributed by atoms with E-state index in [0.717, 1.165) is 6.54 Å². The molecule has 0 bridgehead atoms. The van der Waals surface area contributed by atoms with Crippen LogP contribution >= 0.6 is 0 Å². The van der Waals surface area contributed by atoms with E-state index >= 15 is 0 Å². The van der Waals surface area contributed by atoms with Crippen LogP contribution in [0.5, 0.6) is 0 Å². The summed E-state index contributed by atoms with van der Waals surface area (Å²) in [5.74, 6) is 0. The lowest BCUT2D eigenvalue weighted by atomic mass is 9.88. The number of nitrogens with one attached hydrogen (secondary N) is 1. The van der Waals surface area contributed by atoms with Crippen LogP contribution < -0.4 is 5.32 Å². The molecule has 2 heteroatoms. The maximum Gasteiger partial charge on any atom is 0.0410 e. The van der Waals surface area contributed by atoms with Crippen molar-refractivity contribution < 1.29 is 0 Å². The fourth-order valence-electron chi connectivity index (χ4n) is 3.41. The van der Waals surface area contributed by atoms with Gasteiger partial charge in [-0.05, 0) is 51.5 Å². The van der Waals surface area contributed by atoms with Crippen molar-refractivity contribution in [2.24, 2.45) is 5.41 Å². The van der Waals surface area contributed by atoms with E-state index in [1.54, 1.807) is 0 Å². The summed E-state index contributed by atoms with van der Waals surface area (Å²) in [7, 11) is 6.48. The summed E-state index contributed by atoms with van der Waals surface area (Å²) in [5.41, 5.74) is 3.38. The van der Waals surface area contributed by atoms with Gasteiger partial charge in [0.05, 0.1) is 0 Å². The Morgan fingerprint density at radius 3 is 2.26 bits per heavy atom. The summed E-state index contributed by atoms with van der Waals surface area (Å²) >= 11 is 0. The number of hydrogen-bond donors (Lipinski definition) is 1. The van der Waals surface area contributed by atoms with Crippen molar-refractivity contribution in [3.8, 4) is 0 Å². The van der Waals surface area contributed by atoms with Crippen molar-refractivity contribution >= 4 is 0 Å². The predicted octanol–water partition coefficient (Wildman–Crippen LogP) is 3.24. The molecule has 2 nitrogen and oxygen atoms in total. The summed E-state index contributed by atoms with van der Waals surface area (Å²) in [6, 6.07) is 9.84. The molecule has 0 aliphatic heterocycles. The highest BCUT2D eigenvalue weighted by atomic mass is 15.1. The minimum atomic E-state index is 0.449. The molecule has 19 heavy (non-hydrogen) atoms. The van der Waals surface area contributed by atoms with Gasteiger partial charge in [-0.2, -0.15) is 0 Å². The third kappa shape index (κ3) is 3.18. The van der Waals surface area contributed by atoms with Crippen molar-refractivity contribution in [1.82, 2.24) is 10.2 Å². The lowest BCUT2D eigenvalue weighted by Gasteiger charge is -2.33. The number of aryl methyl sites for hydroxylation is 1. The molecule has 1 N–H and O–H groups in total. The van der Waals surface area contributed by atoms with Gasteiger partial charge >= 0.3 is 0 Å². The van der Waals surface area contributed by atoms with E-state index in [1.165, 1.54) is 36.8 Å². The highest BCUT2D eigenvalue weighted by molar-refractivity contribution is 5.28. The Morgan fingerprint density at radius 2 is 1.84 bits per heavy atom. The molecule has 1 aliphatic rings. The normalized spacial score (nSPS) is 18.6. The van der Waals surface area contributed by atoms with E-state index in [1.807, 2.05) is 0 Å². The van der Waals surface area contributed by atoms with Crippen LogP contribution in [0.15, 0.2) is 24.3 Å². The minimum Gasteiger partial charge on any atom is -0.319 e. The second-order valence-electron chi connectivity index (χ2n) is 6.25. The Morgan fingerprint density at radius 1 is 1.21 bits per heavy atom. The molecule has 0 amide bonds. The summed E-state index contributed by atoms with van der Waals surface area (Å²) in [4.78, 5) is 2.39. The van der Waals surface area contributed by atoms with Gasteiger partial charge in [0.2, 0.25) is 0 Å². The van der Waals surface area contributed by atoms with Crippen LogP contribution in [0.3, 0.4) is 0 Å². The Labute approximate surface area is 118 Å². The van der Waals surface area contributed by atoms with Gasteiger partial charge in [-0.3, -0.25) is 0 Å². The quantitative estimate of drug-likeness (QED) is 0.809. The molecule has 106 valence electrons. The van der Waals surface area contributed by atoms with E-state index < -0.39 is 0 Å². The summed E-state index contributed by atoms with van der Waals surface area (Å²) in [6.45, 7) is 3.36. The van der Waals surface area contributed by atoms with Crippen LogP contribution in [-0.2, 0) is 6.42 Å². The van der Waals surface area contributed by atoms with Gasteiger partial charge in [-0.25, -0.2) is 0 Å². The van der Waals surface area contributed by atoms with E-state index in [4.69, 9.17) is 0 Å². The van der Waals surface area contributed by atoms with Crippen LogP contribution in [-0.4, -0.2) is 32.6 Å². The van der Waals surface area contributed by atoms with E-state index in [9.17, 15) is 0 Å². The molecule has 0 spiro atoms. The number of benzene rings is 1. The van der Waals surface area contributed by atoms with Crippen LogP contribution in [0.1, 0.15) is 43.4 Å². The van der Waals surface area contributed by atoms with Gasteiger partial charge in [0, 0.05) is 18.0 Å². The lowest BCUT2D eigenvalue weighted by Crippen LogP contribution is -2.34. The molecule has 1 unspecified atom stereocenters. The summed E-state index contributed by atoms with van der Waals surface area (Å²) in [6.07, 6.45) is 5.09. The van der Waals surface area contributed by atoms with Crippen LogP contribution in [0, 0.1) is 5.41 Å². The first kappa shape index (κ1) is 14.5. The van der Waals surface area contributed by atoms with Crippen molar-refractivity contribution in [2.75, 3.05) is 27.7 Å². The molecule has 1 fully saturated rings. The van der Waals surface area contributed by atoms with Gasteiger partial charge in [-0.15, -0.1) is 0 Å². The average Bonchev–Trinajstić information content (AvgIpc) is 3.12. The molecule has 0 radical (unpaired) electrons. The SMILES string of the molecule is CCCc1ccc(C(N(C)C)C2(CNC)CC2)cc1. The number of rotatable bonds is 7. The van der Waals surface area contributed by atoms with Gasteiger partial charge in [0.25, 0.3) is 0 Å². The third-order valence-electron chi connectivity index (χ3n) is 4.35. The van der Waals surface area contributed by atoms with Gasteiger partial charge in [0.1, 0.15) is 0 Å². The largest absolute Gasteiger partial charge is 0.319 e. The van der Waals surface area contributed by atoms with Crippen molar-refractivity contribution in [3.05, 3.63) is 35.4 Å². The number of nitrogens with zero attached hydrogens (tertiary/aromatic N) is 1. The fourth-order valence-corrected chi connectivity index (χ4v) is 3.41. The molecule has 1 aromatic carbocycles. The number of hydrogen-bond acceptors (Lipinski definition) is 2. The zero-order valence-corrected chi connectivity index (χ0v) is 12.9. The topological polar surface area (TPSA) is 15.3 Å². The molecule has 0 aromatic heterocycles.